The monoisotopic (exact) mass is 358 g/mol. The second-order valence-electron chi connectivity index (χ2n) is 8.29. The zero-order valence-electron chi connectivity index (χ0n) is 15.6. The van der Waals surface area contributed by atoms with Crippen molar-refractivity contribution < 1.29 is 14.0 Å². The summed E-state index contributed by atoms with van der Waals surface area (Å²) < 4.78 is 13.9. The van der Waals surface area contributed by atoms with Crippen molar-refractivity contribution in [3.8, 4) is 0 Å². The molecular formula is C21H27FN2O2. The van der Waals surface area contributed by atoms with E-state index in [1.807, 2.05) is 18.9 Å². The minimum atomic E-state index is -0.327. The zero-order chi connectivity index (χ0) is 18.4. The summed E-state index contributed by atoms with van der Waals surface area (Å²) in [5, 5.41) is 0. The Morgan fingerprint density at radius 2 is 1.96 bits per heavy atom. The summed E-state index contributed by atoms with van der Waals surface area (Å²) >= 11 is 0. The van der Waals surface area contributed by atoms with Crippen LogP contribution < -0.4 is 0 Å². The second kappa shape index (κ2) is 6.67. The summed E-state index contributed by atoms with van der Waals surface area (Å²) in [4.78, 5) is 29.0. The van der Waals surface area contributed by atoms with Crippen molar-refractivity contribution in [2.24, 2.45) is 17.8 Å². The number of amides is 2. The van der Waals surface area contributed by atoms with Gasteiger partial charge in [0.15, 0.2) is 0 Å². The lowest BCUT2D eigenvalue weighted by molar-refractivity contribution is -0.135. The van der Waals surface area contributed by atoms with Gasteiger partial charge in [0, 0.05) is 26.1 Å². The maximum absolute atomic E-state index is 13.9. The van der Waals surface area contributed by atoms with Crippen LogP contribution in [-0.2, 0) is 16.0 Å². The van der Waals surface area contributed by atoms with E-state index in [2.05, 4.69) is 0 Å². The molecule has 1 heterocycles. The molecule has 26 heavy (non-hydrogen) atoms. The second-order valence-corrected chi connectivity index (χ2v) is 8.29. The summed E-state index contributed by atoms with van der Waals surface area (Å²) in [7, 11) is 1.88. The Kier molecular flexibility index (Phi) is 4.49. The number of likely N-dealkylation sites (N-methyl/N-ethyl adjacent to an activating group) is 1. The van der Waals surface area contributed by atoms with Gasteiger partial charge in [-0.25, -0.2) is 4.39 Å². The average Bonchev–Trinajstić information content (AvgIpc) is 3.00. The van der Waals surface area contributed by atoms with Gasteiger partial charge in [-0.3, -0.25) is 9.59 Å². The normalized spacial score (nSPS) is 29.6. The third-order valence-corrected chi connectivity index (χ3v) is 6.65. The zero-order valence-corrected chi connectivity index (χ0v) is 15.6. The Hall–Kier alpha value is -1.91. The van der Waals surface area contributed by atoms with Crippen LogP contribution in [0.25, 0.3) is 0 Å². The van der Waals surface area contributed by atoms with Crippen LogP contribution in [0, 0.1) is 30.5 Å². The third-order valence-electron chi connectivity index (χ3n) is 6.65. The highest BCUT2D eigenvalue weighted by Gasteiger charge is 2.57. The van der Waals surface area contributed by atoms with E-state index >= 15 is 0 Å². The van der Waals surface area contributed by atoms with E-state index in [9.17, 15) is 14.0 Å². The molecule has 4 rings (SSSR count). The number of hydrogen-bond acceptors (Lipinski definition) is 2. The van der Waals surface area contributed by atoms with Gasteiger partial charge in [0.05, 0.1) is 12.5 Å². The van der Waals surface area contributed by atoms with Gasteiger partial charge in [-0.2, -0.15) is 0 Å². The van der Waals surface area contributed by atoms with Crippen LogP contribution in [0.2, 0.25) is 0 Å². The number of likely N-dealkylation sites (tertiary alicyclic amines) is 1. The Bertz CT molecular complexity index is 725. The average molecular weight is 358 g/mol. The number of rotatable bonds is 4. The molecule has 2 aliphatic carbocycles. The van der Waals surface area contributed by atoms with Gasteiger partial charge in [0.1, 0.15) is 5.82 Å². The first-order valence-corrected chi connectivity index (χ1v) is 9.75. The Morgan fingerprint density at radius 1 is 1.23 bits per heavy atom. The Morgan fingerprint density at radius 3 is 2.69 bits per heavy atom. The first-order valence-electron chi connectivity index (χ1n) is 9.75. The van der Waals surface area contributed by atoms with Crippen LogP contribution in [0.1, 0.15) is 36.8 Å². The Labute approximate surface area is 154 Å². The summed E-state index contributed by atoms with van der Waals surface area (Å²) in [5.74, 6) is 1.36. The standard InChI is InChI=1S/C21H27FN2O2/c1-13-6-7-18(22)14(10-13)11-19(25)24-9-8-15(12-24)23(2)21(26)20-16-4-3-5-17(16)20/h6-7,10,15-17,20H,3-5,8-9,11-12H2,1-2H3/t15?,16-,17+,20?. The van der Waals surface area contributed by atoms with Crippen LogP contribution in [0.4, 0.5) is 4.39 Å². The van der Waals surface area contributed by atoms with E-state index < -0.39 is 0 Å². The minimum absolute atomic E-state index is 0.0545. The SMILES string of the molecule is Cc1ccc(F)c(CC(=O)N2CCC(N(C)C(=O)C3[C@H]4CCC[C@@H]34)C2)c1. The molecule has 0 radical (unpaired) electrons. The van der Waals surface area contributed by atoms with E-state index in [0.717, 1.165) is 12.0 Å². The molecule has 0 bridgehead atoms. The van der Waals surface area contributed by atoms with Crippen molar-refractivity contribution in [2.75, 3.05) is 20.1 Å². The fourth-order valence-corrected chi connectivity index (χ4v) is 5.00. The lowest BCUT2D eigenvalue weighted by atomic mass is 10.1. The number of hydrogen-bond donors (Lipinski definition) is 0. The highest BCUT2D eigenvalue weighted by molar-refractivity contribution is 5.83. The van der Waals surface area contributed by atoms with Crippen LogP contribution in [0.3, 0.4) is 0 Å². The van der Waals surface area contributed by atoms with E-state index in [1.165, 1.54) is 25.3 Å². The molecule has 2 amide bonds. The molecule has 1 aliphatic heterocycles. The number of aryl methyl sites for hydroxylation is 1. The van der Waals surface area contributed by atoms with Crippen molar-refractivity contribution in [1.82, 2.24) is 9.80 Å². The summed E-state index contributed by atoms with van der Waals surface area (Å²) in [6.45, 7) is 3.11. The largest absolute Gasteiger partial charge is 0.341 e. The third kappa shape index (κ3) is 3.12. The molecule has 140 valence electrons. The van der Waals surface area contributed by atoms with Gasteiger partial charge in [0.2, 0.25) is 11.8 Å². The van der Waals surface area contributed by atoms with Gasteiger partial charge in [-0.05, 0) is 49.7 Å². The van der Waals surface area contributed by atoms with E-state index in [-0.39, 0.29) is 36.0 Å². The highest BCUT2D eigenvalue weighted by atomic mass is 19.1. The van der Waals surface area contributed by atoms with Gasteiger partial charge < -0.3 is 9.80 Å². The first-order chi connectivity index (χ1) is 12.5. The summed E-state index contributed by atoms with van der Waals surface area (Å²) in [6.07, 6.45) is 4.57. The molecule has 5 heteroatoms. The quantitative estimate of drug-likeness (QED) is 0.830. The maximum Gasteiger partial charge on any atom is 0.227 e. The van der Waals surface area contributed by atoms with E-state index in [1.54, 1.807) is 17.0 Å². The number of benzene rings is 1. The molecular weight excluding hydrogens is 331 g/mol. The van der Waals surface area contributed by atoms with Gasteiger partial charge in [0.25, 0.3) is 0 Å². The van der Waals surface area contributed by atoms with Gasteiger partial charge >= 0.3 is 0 Å². The van der Waals surface area contributed by atoms with Crippen molar-refractivity contribution in [2.45, 2.75) is 45.1 Å². The molecule has 1 aromatic rings. The van der Waals surface area contributed by atoms with Crippen LogP contribution >= 0.6 is 0 Å². The topological polar surface area (TPSA) is 40.6 Å². The van der Waals surface area contributed by atoms with E-state index in [4.69, 9.17) is 0 Å². The number of nitrogens with zero attached hydrogens (tertiary/aromatic N) is 2. The molecule has 0 aromatic heterocycles. The van der Waals surface area contributed by atoms with Crippen LogP contribution in [-0.4, -0.2) is 47.8 Å². The van der Waals surface area contributed by atoms with Crippen molar-refractivity contribution >= 4 is 11.8 Å². The lowest BCUT2D eigenvalue weighted by Gasteiger charge is -2.26. The van der Waals surface area contributed by atoms with Gasteiger partial charge in [-0.1, -0.05) is 24.1 Å². The summed E-state index contributed by atoms with van der Waals surface area (Å²) in [5.41, 5.74) is 1.41. The van der Waals surface area contributed by atoms with E-state index in [0.29, 0.717) is 30.5 Å². The molecule has 0 N–H and O–H groups in total. The highest BCUT2D eigenvalue weighted by Crippen LogP contribution is 2.58. The number of fused-ring (bicyclic) bond motifs is 1. The molecule has 1 aromatic carbocycles. The predicted octanol–water partition coefficient (Wildman–Crippen LogP) is 2.78. The first kappa shape index (κ1) is 17.5. The van der Waals surface area contributed by atoms with Crippen molar-refractivity contribution in [3.63, 3.8) is 0 Å². The molecule has 2 unspecified atom stereocenters. The molecule has 4 nitrogen and oxygen atoms in total. The number of carbonyl (C=O) groups excluding carboxylic acids is 2. The Balaban J connectivity index is 1.33. The molecule has 4 atom stereocenters. The van der Waals surface area contributed by atoms with Crippen LogP contribution in [0.15, 0.2) is 18.2 Å². The van der Waals surface area contributed by atoms with Crippen LogP contribution in [0.5, 0.6) is 0 Å². The summed E-state index contributed by atoms with van der Waals surface area (Å²) in [6, 6.07) is 4.96. The molecule has 0 spiro atoms. The molecule has 1 saturated heterocycles. The fourth-order valence-electron chi connectivity index (χ4n) is 5.00. The number of halogens is 1. The fraction of sp³-hybridized carbons (Fsp3) is 0.619. The lowest BCUT2D eigenvalue weighted by Crippen LogP contribution is -2.41. The van der Waals surface area contributed by atoms with Crippen molar-refractivity contribution in [1.29, 1.82) is 0 Å². The molecule has 3 fully saturated rings. The predicted molar refractivity (Wildman–Crippen MR) is 96.9 cm³/mol. The minimum Gasteiger partial charge on any atom is -0.341 e. The maximum atomic E-state index is 13.9. The van der Waals surface area contributed by atoms with Gasteiger partial charge in [-0.15, -0.1) is 0 Å². The van der Waals surface area contributed by atoms with Crippen molar-refractivity contribution in [3.05, 3.63) is 35.1 Å². The number of carbonyl (C=O) groups is 2. The smallest absolute Gasteiger partial charge is 0.227 e. The molecule has 2 saturated carbocycles. The molecule has 3 aliphatic rings.